The predicted octanol–water partition coefficient (Wildman–Crippen LogP) is 1.60. The van der Waals surface area contributed by atoms with Gasteiger partial charge in [-0.15, -0.1) is 0 Å². The molecule has 0 aliphatic heterocycles. The minimum atomic E-state index is -3.51. The SMILES string of the molecule is CCC(c1ccc(S(C)(=O)=O)cc1S(C)(=O)=O)C(C)NC. The van der Waals surface area contributed by atoms with E-state index in [0.29, 0.717) is 5.56 Å². The van der Waals surface area contributed by atoms with Gasteiger partial charge in [-0.3, -0.25) is 0 Å². The summed E-state index contributed by atoms with van der Waals surface area (Å²) in [5.74, 6) is -0.00617. The van der Waals surface area contributed by atoms with Crippen molar-refractivity contribution in [2.45, 2.75) is 42.0 Å². The fourth-order valence-corrected chi connectivity index (χ4v) is 4.13. The monoisotopic (exact) mass is 333 g/mol. The van der Waals surface area contributed by atoms with Crippen molar-refractivity contribution in [1.29, 1.82) is 0 Å². The summed E-state index contributed by atoms with van der Waals surface area (Å²) < 4.78 is 47.4. The van der Waals surface area contributed by atoms with Gasteiger partial charge in [-0.05, 0) is 44.0 Å². The first-order chi connectivity index (χ1) is 9.52. The summed E-state index contributed by atoms with van der Waals surface area (Å²) in [6, 6.07) is 4.45. The van der Waals surface area contributed by atoms with Crippen LogP contribution in [0.25, 0.3) is 0 Å². The van der Waals surface area contributed by atoms with Crippen molar-refractivity contribution in [1.82, 2.24) is 5.32 Å². The first-order valence-corrected chi connectivity index (χ1v) is 10.5. The molecule has 1 N–H and O–H groups in total. The van der Waals surface area contributed by atoms with Gasteiger partial charge >= 0.3 is 0 Å². The number of sulfone groups is 2. The maximum atomic E-state index is 12.0. The Balaban J connectivity index is 3.60. The third-order valence-electron chi connectivity index (χ3n) is 3.71. The summed E-state index contributed by atoms with van der Waals surface area (Å²) in [6.07, 6.45) is 2.93. The van der Waals surface area contributed by atoms with Crippen LogP contribution < -0.4 is 5.32 Å². The second-order valence-corrected chi connectivity index (χ2v) is 9.34. The Morgan fingerprint density at radius 3 is 2.05 bits per heavy atom. The lowest BCUT2D eigenvalue weighted by atomic mass is 9.90. The molecule has 120 valence electrons. The lowest BCUT2D eigenvalue weighted by Crippen LogP contribution is -2.29. The van der Waals surface area contributed by atoms with E-state index in [4.69, 9.17) is 0 Å². The van der Waals surface area contributed by atoms with Gasteiger partial charge in [0.15, 0.2) is 19.7 Å². The van der Waals surface area contributed by atoms with Gasteiger partial charge in [0.25, 0.3) is 0 Å². The molecule has 5 nitrogen and oxygen atoms in total. The molecule has 0 spiro atoms. The summed E-state index contributed by atoms with van der Waals surface area (Å²) in [5, 5.41) is 3.12. The molecule has 0 aliphatic rings. The highest BCUT2D eigenvalue weighted by atomic mass is 32.2. The normalized spacial score (nSPS) is 15.7. The quantitative estimate of drug-likeness (QED) is 0.855. The van der Waals surface area contributed by atoms with Crippen molar-refractivity contribution in [3.63, 3.8) is 0 Å². The average Bonchev–Trinajstić information content (AvgIpc) is 2.37. The van der Waals surface area contributed by atoms with E-state index in [9.17, 15) is 16.8 Å². The van der Waals surface area contributed by atoms with Crippen molar-refractivity contribution in [2.24, 2.45) is 0 Å². The number of nitrogens with one attached hydrogen (secondary N) is 1. The third-order valence-corrected chi connectivity index (χ3v) is 5.97. The topological polar surface area (TPSA) is 80.3 Å². The maximum absolute atomic E-state index is 12.0. The van der Waals surface area contributed by atoms with Crippen LogP contribution in [0.15, 0.2) is 28.0 Å². The lowest BCUT2D eigenvalue weighted by Gasteiger charge is -2.25. The molecule has 0 aromatic heterocycles. The summed E-state index contributed by atoms with van der Waals surface area (Å²) in [7, 11) is -5.13. The van der Waals surface area contributed by atoms with Gasteiger partial charge in [0.1, 0.15) is 0 Å². The zero-order chi connectivity index (χ0) is 16.4. The predicted molar refractivity (Wildman–Crippen MR) is 84.2 cm³/mol. The van der Waals surface area contributed by atoms with Gasteiger partial charge in [0.2, 0.25) is 0 Å². The molecular weight excluding hydrogens is 310 g/mol. The van der Waals surface area contributed by atoms with Gasteiger partial charge in [-0.1, -0.05) is 13.0 Å². The standard InChI is InChI=1S/C14H23NO4S2/c1-6-12(10(2)15-3)13-8-7-11(20(4,16)17)9-14(13)21(5,18)19/h7-10,12,15H,6H2,1-5H3. The first kappa shape index (κ1) is 18.1. The summed E-state index contributed by atoms with van der Waals surface area (Å²) in [6.45, 7) is 3.96. The van der Waals surface area contributed by atoms with Crippen molar-refractivity contribution in [3.8, 4) is 0 Å². The van der Waals surface area contributed by atoms with Crippen LogP contribution in [0.2, 0.25) is 0 Å². The van der Waals surface area contributed by atoms with Crippen LogP contribution >= 0.6 is 0 Å². The molecule has 0 saturated carbocycles. The fraction of sp³-hybridized carbons (Fsp3) is 0.571. The van der Waals surface area contributed by atoms with E-state index >= 15 is 0 Å². The zero-order valence-corrected chi connectivity index (χ0v) is 14.7. The third kappa shape index (κ3) is 4.28. The van der Waals surface area contributed by atoms with Crippen molar-refractivity contribution in [2.75, 3.05) is 19.6 Å². The average molecular weight is 333 g/mol. The van der Waals surface area contributed by atoms with E-state index in [1.54, 1.807) is 6.07 Å². The first-order valence-electron chi connectivity index (χ1n) is 6.73. The van der Waals surface area contributed by atoms with Crippen LogP contribution in [0.4, 0.5) is 0 Å². The Kier molecular flexibility index (Phi) is 5.57. The second-order valence-electron chi connectivity index (χ2n) is 5.34. The van der Waals surface area contributed by atoms with Crippen LogP contribution in [0.1, 0.15) is 31.7 Å². The summed E-state index contributed by atoms with van der Waals surface area (Å²) >= 11 is 0. The highest BCUT2D eigenvalue weighted by Gasteiger charge is 2.25. The van der Waals surface area contributed by atoms with Crippen molar-refractivity contribution >= 4 is 19.7 Å². The Bertz CT molecular complexity index is 708. The van der Waals surface area contributed by atoms with E-state index in [1.165, 1.54) is 12.1 Å². The smallest absolute Gasteiger partial charge is 0.175 e. The van der Waals surface area contributed by atoms with Crippen LogP contribution in [0.5, 0.6) is 0 Å². The van der Waals surface area contributed by atoms with Crippen LogP contribution in [-0.4, -0.2) is 42.4 Å². The van der Waals surface area contributed by atoms with Crippen molar-refractivity contribution < 1.29 is 16.8 Å². The molecule has 21 heavy (non-hydrogen) atoms. The Morgan fingerprint density at radius 2 is 1.67 bits per heavy atom. The second kappa shape index (κ2) is 6.46. The Hall–Kier alpha value is -0.920. The van der Waals surface area contributed by atoms with E-state index < -0.39 is 19.7 Å². The number of likely N-dealkylation sites (N-methyl/N-ethyl adjacent to an activating group) is 1. The lowest BCUT2D eigenvalue weighted by molar-refractivity contribution is 0.476. The molecule has 1 rings (SSSR count). The summed E-state index contributed by atoms with van der Waals surface area (Å²) in [5.41, 5.74) is 0.661. The molecule has 0 aliphatic carbocycles. The number of hydrogen-bond donors (Lipinski definition) is 1. The molecule has 0 saturated heterocycles. The molecule has 0 fully saturated rings. The molecule has 1 aromatic carbocycles. The molecular formula is C14H23NO4S2. The molecule has 2 atom stereocenters. The van der Waals surface area contributed by atoms with E-state index in [1.807, 2.05) is 20.9 Å². The molecule has 0 heterocycles. The molecule has 0 amide bonds. The fourth-order valence-electron chi connectivity index (χ4n) is 2.42. The van der Waals surface area contributed by atoms with Gasteiger partial charge in [-0.2, -0.15) is 0 Å². The van der Waals surface area contributed by atoms with Gasteiger partial charge < -0.3 is 5.32 Å². The van der Waals surface area contributed by atoms with E-state index in [0.717, 1.165) is 18.9 Å². The van der Waals surface area contributed by atoms with Crippen LogP contribution in [0.3, 0.4) is 0 Å². The van der Waals surface area contributed by atoms with Crippen LogP contribution in [0, 0.1) is 0 Å². The minimum Gasteiger partial charge on any atom is -0.317 e. The summed E-state index contributed by atoms with van der Waals surface area (Å²) in [4.78, 5) is 0.123. The molecule has 1 aromatic rings. The van der Waals surface area contributed by atoms with Gasteiger partial charge in [0.05, 0.1) is 9.79 Å². The van der Waals surface area contributed by atoms with Crippen LogP contribution in [-0.2, 0) is 19.7 Å². The largest absolute Gasteiger partial charge is 0.317 e. The Morgan fingerprint density at radius 1 is 1.10 bits per heavy atom. The van der Waals surface area contributed by atoms with E-state index in [2.05, 4.69) is 5.32 Å². The number of benzene rings is 1. The van der Waals surface area contributed by atoms with Gasteiger partial charge in [-0.25, -0.2) is 16.8 Å². The van der Waals surface area contributed by atoms with E-state index in [-0.39, 0.29) is 21.8 Å². The Labute approximate surface area is 127 Å². The highest BCUT2D eigenvalue weighted by molar-refractivity contribution is 7.91. The number of rotatable bonds is 6. The molecule has 0 bridgehead atoms. The molecule has 0 radical (unpaired) electrons. The maximum Gasteiger partial charge on any atom is 0.175 e. The van der Waals surface area contributed by atoms with Crippen molar-refractivity contribution in [3.05, 3.63) is 23.8 Å². The van der Waals surface area contributed by atoms with Gasteiger partial charge in [0, 0.05) is 18.6 Å². The molecule has 2 unspecified atom stereocenters. The molecule has 7 heteroatoms. The minimum absolute atomic E-state index is 0.00617. The highest BCUT2D eigenvalue weighted by Crippen LogP contribution is 2.31. The zero-order valence-electron chi connectivity index (χ0n) is 13.0. The number of hydrogen-bond acceptors (Lipinski definition) is 5.